The van der Waals surface area contributed by atoms with E-state index in [1.807, 2.05) is 49.4 Å². The van der Waals surface area contributed by atoms with Crippen molar-refractivity contribution in [3.8, 4) is 17.2 Å². The summed E-state index contributed by atoms with van der Waals surface area (Å²) in [6, 6.07) is 16.9. The lowest BCUT2D eigenvalue weighted by Gasteiger charge is -2.23. The Bertz CT molecular complexity index is 1580. The molecule has 2 aromatic heterocycles. The van der Waals surface area contributed by atoms with Crippen molar-refractivity contribution in [3.05, 3.63) is 83.2 Å². The summed E-state index contributed by atoms with van der Waals surface area (Å²) in [4.78, 5) is 29.4. The number of carbonyl (C=O) groups is 2. The molecule has 224 valence electrons. The number of aryl methyl sites for hydroxylation is 2. The maximum atomic E-state index is 13.3. The van der Waals surface area contributed by atoms with Gasteiger partial charge >= 0.3 is 6.03 Å². The Morgan fingerprint density at radius 1 is 0.953 bits per heavy atom. The van der Waals surface area contributed by atoms with Crippen LogP contribution in [-0.4, -0.2) is 40.4 Å². The number of nitrogens with one attached hydrogen (secondary N) is 3. The second-order valence-corrected chi connectivity index (χ2v) is 10.7. The van der Waals surface area contributed by atoms with Crippen LogP contribution >= 0.6 is 0 Å². The number of urea groups is 1. The van der Waals surface area contributed by atoms with Crippen LogP contribution in [0, 0.1) is 6.92 Å². The van der Waals surface area contributed by atoms with E-state index in [9.17, 15) is 9.59 Å². The molecular weight excluding hydrogens is 544 g/mol. The van der Waals surface area contributed by atoms with Crippen LogP contribution in [-0.2, 0) is 28.8 Å². The molecule has 0 radical (unpaired) electrons. The fourth-order valence-corrected chi connectivity index (χ4v) is 5.18. The molecule has 10 nitrogen and oxygen atoms in total. The Morgan fingerprint density at radius 3 is 2.51 bits per heavy atom. The molecule has 0 bridgehead atoms. The molecule has 0 spiro atoms. The molecule has 1 aliphatic rings. The maximum absolute atomic E-state index is 13.3. The van der Waals surface area contributed by atoms with Crippen LogP contribution < -0.4 is 20.7 Å². The maximum Gasteiger partial charge on any atom is 0.324 e. The van der Waals surface area contributed by atoms with Gasteiger partial charge in [0.15, 0.2) is 0 Å². The minimum atomic E-state index is -0.331. The predicted molar refractivity (Wildman–Crippen MR) is 167 cm³/mol. The highest BCUT2D eigenvalue weighted by atomic mass is 16.5. The summed E-state index contributed by atoms with van der Waals surface area (Å²) in [6.07, 6.45) is 8.25. The van der Waals surface area contributed by atoms with E-state index in [4.69, 9.17) is 14.6 Å². The number of rotatable bonds is 11. The first-order valence-corrected chi connectivity index (χ1v) is 14.7. The second kappa shape index (κ2) is 14.0. The third-order valence-electron chi connectivity index (χ3n) is 7.31. The zero-order valence-electron chi connectivity index (χ0n) is 24.9. The fraction of sp³-hybridized carbons (Fsp3) is 0.333. The number of fused-ring (bicyclic) bond motifs is 1. The Kier molecular flexibility index (Phi) is 9.68. The Labute approximate surface area is 251 Å². The minimum absolute atomic E-state index is 0.0589. The van der Waals surface area contributed by atoms with Crippen LogP contribution in [0.15, 0.2) is 60.8 Å². The second-order valence-electron chi connectivity index (χ2n) is 10.7. The number of aromatic nitrogens is 3. The highest BCUT2D eigenvalue weighted by molar-refractivity contribution is 6.00. The first-order chi connectivity index (χ1) is 20.9. The third kappa shape index (κ3) is 7.58. The summed E-state index contributed by atoms with van der Waals surface area (Å²) < 4.78 is 12.9. The number of unbranched alkanes of at least 4 members (excludes halogenated alkanes) is 1. The number of nitrogens with zero attached hydrogens (tertiary/aromatic N) is 3. The number of hydrogen-bond donors (Lipinski definition) is 3. The van der Waals surface area contributed by atoms with E-state index in [0.29, 0.717) is 17.4 Å². The predicted octanol–water partition coefficient (Wildman–Crippen LogP) is 6.82. The minimum Gasteiger partial charge on any atom is -0.457 e. The van der Waals surface area contributed by atoms with Crippen molar-refractivity contribution in [2.75, 3.05) is 29.7 Å². The molecule has 0 aliphatic heterocycles. The van der Waals surface area contributed by atoms with Crippen LogP contribution in [0.4, 0.5) is 22.1 Å². The highest BCUT2D eigenvalue weighted by Crippen LogP contribution is 2.37. The van der Waals surface area contributed by atoms with Gasteiger partial charge in [-0.3, -0.25) is 10.1 Å². The summed E-state index contributed by atoms with van der Waals surface area (Å²) in [5, 5.41) is 13.6. The number of ether oxygens (including phenoxy) is 2. The van der Waals surface area contributed by atoms with Gasteiger partial charge in [0.2, 0.25) is 0 Å². The van der Waals surface area contributed by atoms with E-state index in [1.54, 1.807) is 23.0 Å². The molecule has 4 aromatic rings. The summed E-state index contributed by atoms with van der Waals surface area (Å²) in [7, 11) is 1.46. The van der Waals surface area contributed by atoms with Gasteiger partial charge in [0, 0.05) is 36.7 Å². The number of methoxy groups -OCH3 is 1. The molecule has 0 fully saturated rings. The van der Waals surface area contributed by atoms with Gasteiger partial charge < -0.3 is 20.1 Å². The van der Waals surface area contributed by atoms with Gasteiger partial charge in [0.25, 0.3) is 5.91 Å². The Balaban J connectivity index is 1.34. The van der Waals surface area contributed by atoms with Crippen LogP contribution in [0.2, 0.25) is 0 Å². The molecule has 5 rings (SSSR count). The van der Waals surface area contributed by atoms with Crippen molar-refractivity contribution in [3.63, 3.8) is 0 Å². The first kappa shape index (κ1) is 29.8. The average molecular weight is 583 g/mol. The number of pyridine rings is 1. The Hall–Kier alpha value is -4.70. The van der Waals surface area contributed by atoms with Gasteiger partial charge in [-0.1, -0.05) is 31.0 Å². The van der Waals surface area contributed by atoms with Crippen LogP contribution in [0.25, 0.3) is 5.69 Å². The van der Waals surface area contributed by atoms with Gasteiger partial charge in [0.05, 0.1) is 11.4 Å². The first-order valence-electron chi connectivity index (χ1n) is 14.7. The quantitative estimate of drug-likeness (QED) is 0.179. The third-order valence-corrected chi connectivity index (χ3v) is 7.31. The summed E-state index contributed by atoms with van der Waals surface area (Å²) in [6.45, 7) is 4.14. The van der Waals surface area contributed by atoms with Gasteiger partial charge in [-0.2, -0.15) is 5.10 Å². The van der Waals surface area contributed by atoms with Crippen molar-refractivity contribution in [2.24, 2.45) is 0 Å². The van der Waals surface area contributed by atoms with E-state index < -0.39 is 0 Å². The summed E-state index contributed by atoms with van der Waals surface area (Å²) in [5.74, 6) is 1.98. The normalized spacial score (nSPS) is 12.3. The van der Waals surface area contributed by atoms with E-state index in [2.05, 4.69) is 27.9 Å². The zero-order valence-corrected chi connectivity index (χ0v) is 24.9. The number of benzene rings is 2. The SMILES string of the molecule is CCCCc1cc(NC(=O)Nc2ccc(Oc3ccnc(NC(=O)COC)c3)c3c2CCCC3)n(-c2ccc(C)cc2)n1. The molecule has 0 unspecified atom stereocenters. The van der Waals surface area contributed by atoms with E-state index in [-0.39, 0.29) is 18.5 Å². The monoisotopic (exact) mass is 582 g/mol. The zero-order chi connectivity index (χ0) is 30.2. The lowest BCUT2D eigenvalue weighted by atomic mass is 9.89. The molecule has 2 aromatic carbocycles. The van der Waals surface area contributed by atoms with Gasteiger partial charge in [0.1, 0.15) is 29.7 Å². The smallest absolute Gasteiger partial charge is 0.324 e. The number of amides is 3. The van der Waals surface area contributed by atoms with Crippen LogP contribution in [0.3, 0.4) is 0 Å². The van der Waals surface area contributed by atoms with Gasteiger partial charge in [-0.25, -0.2) is 14.5 Å². The van der Waals surface area contributed by atoms with Crippen molar-refractivity contribution in [1.82, 2.24) is 14.8 Å². The molecule has 1 aliphatic carbocycles. The standard InChI is InChI=1S/C33H38N6O4/c1-4-5-8-23-19-31(39(38-23)24-13-11-22(2)12-14-24)37-33(41)35-28-15-16-29(27-10-7-6-9-26(27)28)43-25-17-18-34-30(20-25)36-32(40)21-42-3/h11-20H,4-10,21H2,1-3H3,(H,34,36,40)(H2,35,37,41). The van der Waals surface area contributed by atoms with Crippen molar-refractivity contribution in [2.45, 2.75) is 58.8 Å². The molecule has 3 amide bonds. The lowest BCUT2D eigenvalue weighted by Crippen LogP contribution is -2.23. The van der Waals surface area contributed by atoms with E-state index >= 15 is 0 Å². The van der Waals surface area contributed by atoms with Crippen molar-refractivity contribution in [1.29, 1.82) is 0 Å². The highest BCUT2D eigenvalue weighted by Gasteiger charge is 2.21. The average Bonchev–Trinajstić information content (AvgIpc) is 3.40. The van der Waals surface area contributed by atoms with Crippen molar-refractivity contribution < 1.29 is 19.1 Å². The molecule has 0 saturated heterocycles. The number of hydrogen-bond acceptors (Lipinski definition) is 6. The molecule has 3 N–H and O–H groups in total. The van der Waals surface area contributed by atoms with Gasteiger partial charge in [-0.05, 0) is 81.3 Å². The van der Waals surface area contributed by atoms with Gasteiger partial charge in [-0.15, -0.1) is 0 Å². The summed E-state index contributed by atoms with van der Waals surface area (Å²) in [5.41, 5.74) is 5.88. The fourth-order valence-electron chi connectivity index (χ4n) is 5.18. The Morgan fingerprint density at radius 2 is 1.74 bits per heavy atom. The molecule has 43 heavy (non-hydrogen) atoms. The topological polar surface area (TPSA) is 119 Å². The molecule has 0 atom stereocenters. The largest absolute Gasteiger partial charge is 0.457 e. The number of anilines is 3. The van der Waals surface area contributed by atoms with Crippen LogP contribution in [0.1, 0.15) is 55.0 Å². The molecule has 10 heteroatoms. The molecule has 2 heterocycles. The van der Waals surface area contributed by atoms with Crippen molar-refractivity contribution >= 4 is 29.3 Å². The number of carbonyl (C=O) groups excluding carboxylic acids is 2. The van der Waals surface area contributed by atoms with E-state index in [0.717, 1.165) is 84.5 Å². The molecular formula is C33H38N6O4. The lowest BCUT2D eigenvalue weighted by molar-refractivity contribution is -0.119. The van der Waals surface area contributed by atoms with Crippen LogP contribution in [0.5, 0.6) is 11.5 Å². The van der Waals surface area contributed by atoms with E-state index in [1.165, 1.54) is 7.11 Å². The summed E-state index contributed by atoms with van der Waals surface area (Å²) >= 11 is 0. The molecule has 0 saturated carbocycles.